The zero-order valence-electron chi connectivity index (χ0n) is 18.8. The average molecular weight is 384 g/mol. The van der Waals surface area contributed by atoms with Crippen molar-refractivity contribution in [2.45, 2.75) is 111 Å². The Morgan fingerprint density at radius 2 is 1.26 bits per heavy atom. The molecule has 27 heavy (non-hydrogen) atoms. The Bertz CT molecular complexity index is 305. The predicted molar refractivity (Wildman–Crippen MR) is 119 cm³/mol. The van der Waals surface area contributed by atoms with E-state index in [0.717, 1.165) is 32.6 Å². The van der Waals surface area contributed by atoms with Gasteiger partial charge in [0.05, 0.1) is 6.61 Å². The van der Waals surface area contributed by atoms with Crippen molar-refractivity contribution in [1.29, 1.82) is 0 Å². The van der Waals surface area contributed by atoms with Crippen molar-refractivity contribution in [3.63, 3.8) is 0 Å². The molecule has 0 aliphatic carbocycles. The lowest BCUT2D eigenvalue weighted by Crippen LogP contribution is -2.18. The standard InChI is InChI=1S/C24H49NO2/c1-5-6-7-8-9-10-11-12-13-14-15-16-20-26-21-17-22-27-24(4)25-19-18-23(2)3/h23,25H,4-22H2,1-3H3. The minimum absolute atomic E-state index is 0.686. The van der Waals surface area contributed by atoms with Gasteiger partial charge < -0.3 is 14.8 Å². The maximum absolute atomic E-state index is 5.69. The summed E-state index contributed by atoms with van der Waals surface area (Å²) < 4.78 is 11.2. The molecule has 0 radical (unpaired) electrons. The molecule has 0 fully saturated rings. The predicted octanol–water partition coefficient (Wildman–Crippen LogP) is 7.22. The molecule has 0 unspecified atom stereocenters. The van der Waals surface area contributed by atoms with Crippen molar-refractivity contribution in [2.24, 2.45) is 5.92 Å². The first-order chi connectivity index (χ1) is 13.2. The Balaban J connectivity index is 3.09. The van der Waals surface area contributed by atoms with E-state index < -0.39 is 0 Å². The molecule has 0 amide bonds. The minimum Gasteiger partial charge on any atom is -0.480 e. The minimum atomic E-state index is 0.686. The van der Waals surface area contributed by atoms with Crippen LogP contribution in [0.1, 0.15) is 111 Å². The van der Waals surface area contributed by atoms with Gasteiger partial charge in [-0.2, -0.15) is 0 Å². The summed E-state index contributed by atoms with van der Waals surface area (Å²) in [4.78, 5) is 0. The van der Waals surface area contributed by atoms with Gasteiger partial charge >= 0.3 is 0 Å². The molecule has 0 bridgehead atoms. The first kappa shape index (κ1) is 26.3. The van der Waals surface area contributed by atoms with Gasteiger partial charge in [-0.15, -0.1) is 0 Å². The normalized spacial score (nSPS) is 11.1. The highest BCUT2D eigenvalue weighted by Crippen LogP contribution is 2.11. The topological polar surface area (TPSA) is 30.5 Å². The average Bonchev–Trinajstić information content (AvgIpc) is 2.64. The van der Waals surface area contributed by atoms with E-state index in [4.69, 9.17) is 9.47 Å². The van der Waals surface area contributed by atoms with Gasteiger partial charge in [0, 0.05) is 26.2 Å². The summed E-state index contributed by atoms with van der Waals surface area (Å²) in [5, 5.41) is 3.21. The molecule has 0 aliphatic heterocycles. The third-order valence-corrected chi connectivity index (χ3v) is 4.90. The summed E-state index contributed by atoms with van der Waals surface area (Å²) in [6.45, 7) is 13.9. The second-order valence-electron chi connectivity index (χ2n) is 8.24. The van der Waals surface area contributed by atoms with Crippen molar-refractivity contribution in [3.8, 4) is 0 Å². The second kappa shape index (κ2) is 21.6. The van der Waals surface area contributed by atoms with E-state index in [0.29, 0.717) is 18.4 Å². The van der Waals surface area contributed by atoms with Gasteiger partial charge in [0.15, 0.2) is 5.88 Å². The van der Waals surface area contributed by atoms with E-state index in [-0.39, 0.29) is 0 Å². The van der Waals surface area contributed by atoms with Crippen LogP contribution in [0, 0.1) is 5.92 Å². The Labute approximate surface area is 170 Å². The van der Waals surface area contributed by atoms with Crippen LogP contribution in [-0.4, -0.2) is 26.4 Å². The molecular formula is C24H49NO2. The maximum atomic E-state index is 5.69. The summed E-state index contributed by atoms with van der Waals surface area (Å²) in [5.74, 6) is 1.40. The molecule has 3 heteroatoms. The molecule has 0 aromatic heterocycles. The lowest BCUT2D eigenvalue weighted by molar-refractivity contribution is 0.0999. The van der Waals surface area contributed by atoms with E-state index in [2.05, 4.69) is 32.7 Å². The molecule has 0 heterocycles. The fourth-order valence-corrected chi connectivity index (χ4v) is 3.05. The summed E-state index contributed by atoms with van der Waals surface area (Å²) in [6, 6.07) is 0. The molecule has 0 atom stereocenters. The van der Waals surface area contributed by atoms with Crippen LogP contribution in [0.2, 0.25) is 0 Å². The molecule has 0 spiro atoms. The zero-order chi connectivity index (χ0) is 20.0. The summed E-state index contributed by atoms with van der Waals surface area (Å²) in [7, 11) is 0. The number of hydrogen-bond donors (Lipinski definition) is 1. The fraction of sp³-hybridized carbons (Fsp3) is 0.917. The van der Waals surface area contributed by atoms with E-state index in [1.54, 1.807) is 0 Å². The highest BCUT2D eigenvalue weighted by Gasteiger charge is 1.97. The molecule has 0 aromatic carbocycles. The van der Waals surface area contributed by atoms with Crippen molar-refractivity contribution in [1.82, 2.24) is 5.32 Å². The Hall–Kier alpha value is -0.700. The number of ether oxygens (including phenoxy) is 2. The van der Waals surface area contributed by atoms with E-state index >= 15 is 0 Å². The van der Waals surface area contributed by atoms with Crippen LogP contribution in [0.25, 0.3) is 0 Å². The lowest BCUT2D eigenvalue weighted by Gasteiger charge is -2.12. The van der Waals surface area contributed by atoms with Crippen LogP contribution in [0.4, 0.5) is 0 Å². The Morgan fingerprint density at radius 3 is 1.81 bits per heavy atom. The first-order valence-electron chi connectivity index (χ1n) is 11.8. The smallest absolute Gasteiger partial charge is 0.179 e. The van der Waals surface area contributed by atoms with Crippen LogP contribution in [0.5, 0.6) is 0 Å². The summed E-state index contributed by atoms with van der Waals surface area (Å²) in [6.07, 6.45) is 18.7. The van der Waals surface area contributed by atoms with Crippen LogP contribution in [0.3, 0.4) is 0 Å². The molecule has 3 nitrogen and oxygen atoms in total. The van der Waals surface area contributed by atoms with Crippen LogP contribution >= 0.6 is 0 Å². The molecule has 0 saturated carbocycles. The van der Waals surface area contributed by atoms with Gasteiger partial charge in [-0.1, -0.05) is 91.4 Å². The molecule has 0 aromatic rings. The monoisotopic (exact) mass is 383 g/mol. The van der Waals surface area contributed by atoms with Crippen molar-refractivity contribution >= 4 is 0 Å². The maximum Gasteiger partial charge on any atom is 0.179 e. The molecule has 0 saturated heterocycles. The first-order valence-corrected chi connectivity index (χ1v) is 11.8. The van der Waals surface area contributed by atoms with Crippen molar-refractivity contribution < 1.29 is 9.47 Å². The van der Waals surface area contributed by atoms with Crippen LogP contribution in [-0.2, 0) is 9.47 Å². The molecule has 1 N–H and O–H groups in total. The lowest BCUT2D eigenvalue weighted by atomic mass is 10.1. The third kappa shape index (κ3) is 23.3. The number of hydrogen-bond acceptors (Lipinski definition) is 3. The van der Waals surface area contributed by atoms with Gasteiger partial charge in [0.2, 0.25) is 0 Å². The van der Waals surface area contributed by atoms with E-state index in [1.807, 2.05) is 0 Å². The van der Waals surface area contributed by atoms with Gasteiger partial charge in [-0.3, -0.25) is 0 Å². The fourth-order valence-electron chi connectivity index (χ4n) is 3.05. The zero-order valence-corrected chi connectivity index (χ0v) is 18.8. The second-order valence-corrected chi connectivity index (χ2v) is 8.24. The summed E-state index contributed by atoms with van der Waals surface area (Å²) in [5.41, 5.74) is 0. The summed E-state index contributed by atoms with van der Waals surface area (Å²) >= 11 is 0. The van der Waals surface area contributed by atoms with Gasteiger partial charge in [0.25, 0.3) is 0 Å². The number of unbranched alkanes of at least 4 members (excludes halogenated alkanes) is 11. The van der Waals surface area contributed by atoms with E-state index in [1.165, 1.54) is 77.0 Å². The van der Waals surface area contributed by atoms with Crippen LogP contribution < -0.4 is 5.32 Å². The third-order valence-electron chi connectivity index (χ3n) is 4.90. The van der Waals surface area contributed by atoms with Crippen molar-refractivity contribution in [3.05, 3.63) is 12.5 Å². The van der Waals surface area contributed by atoms with Crippen LogP contribution in [0.15, 0.2) is 12.5 Å². The quantitative estimate of drug-likeness (QED) is 0.158. The Morgan fingerprint density at radius 1 is 0.741 bits per heavy atom. The highest BCUT2D eigenvalue weighted by molar-refractivity contribution is 4.78. The molecule has 162 valence electrons. The SMILES string of the molecule is C=C(NCCC(C)C)OCCCOCCCCCCCCCCCCCC. The number of nitrogens with one attached hydrogen (secondary N) is 1. The van der Waals surface area contributed by atoms with E-state index in [9.17, 15) is 0 Å². The molecule has 0 rings (SSSR count). The van der Waals surface area contributed by atoms with Crippen molar-refractivity contribution in [2.75, 3.05) is 26.4 Å². The highest BCUT2D eigenvalue weighted by atomic mass is 16.5. The van der Waals surface area contributed by atoms with Gasteiger partial charge in [-0.25, -0.2) is 0 Å². The van der Waals surface area contributed by atoms with Gasteiger partial charge in [0.1, 0.15) is 0 Å². The van der Waals surface area contributed by atoms with Gasteiger partial charge in [-0.05, 0) is 25.3 Å². The number of rotatable bonds is 22. The molecular weight excluding hydrogens is 334 g/mol. The Kier molecular flexibility index (Phi) is 21.0. The largest absolute Gasteiger partial charge is 0.480 e. The molecule has 0 aliphatic rings.